The highest BCUT2D eigenvalue weighted by Gasteiger charge is 2.33. The van der Waals surface area contributed by atoms with Crippen molar-refractivity contribution in [1.29, 1.82) is 0 Å². The van der Waals surface area contributed by atoms with Gasteiger partial charge in [0.15, 0.2) is 0 Å². The molecule has 0 aromatic rings. The van der Waals surface area contributed by atoms with E-state index in [1.165, 1.54) is 38.5 Å². The number of rotatable bonds is 11. The Labute approximate surface area is 116 Å². The van der Waals surface area contributed by atoms with E-state index in [2.05, 4.69) is 41.2 Å². The summed E-state index contributed by atoms with van der Waals surface area (Å²) in [6.45, 7) is 12.9. The molecule has 0 rings (SSSR count). The summed E-state index contributed by atoms with van der Waals surface area (Å²) in [7, 11) is -1.94. The second kappa shape index (κ2) is 9.99. The van der Waals surface area contributed by atoms with Crippen LogP contribution < -0.4 is 0 Å². The summed E-state index contributed by atoms with van der Waals surface area (Å²) in [5.74, 6) is 0. The van der Waals surface area contributed by atoms with Gasteiger partial charge >= 0.3 is 8.56 Å². The number of hydrogen-bond acceptors (Lipinski definition) is 2. The van der Waals surface area contributed by atoms with Gasteiger partial charge in [-0.2, -0.15) is 0 Å². The SMILES string of the molecule is CCCCCCCC[Si](C)(OC(C)C)OC(C)C. The molecule has 0 spiro atoms. The van der Waals surface area contributed by atoms with Crippen LogP contribution in [0.1, 0.15) is 73.1 Å². The lowest BCUT2D eigenvalue weighted by atomic mass is 10.1. The molecule has 0 bridgehead atoms. The molecular weight excluding hydrogens is 240 g/mol. The van der Waals surface area contributed by atoms with Crippen LogP contribution in [0.15, 0.2) is 0 Å². The molecule has 0 aliphatic rings. The third-order valence-corrected chi connectivity index (χ3v) is 6.16. The molecule has 0 aliphatic heterocycles. The highest BCUT2D eigenvalue weighted by atomic mass is 28.4. The van der Waals surface area contributed by atoms with Crippen molar-refractivity contribution in [3.8, 4) is 0 Å². The van der Waals surface area contributed by atoms with Gasteiger partial charge in [0.05, 0.1) is 0 Å². The fraction of sp³-hybridized carbons (Fsp3) is 1.00. The van der Waals surface area contributed by atoms with Crippen molar-refractivity contribution in [3.05, 3.63) is 0 Å². The standard InChI is InChI=1S/C15H34O2Si/c1-7-8-9-10-11-12-13-18(6,16-14(2)3)17-15(4)5/h14-15H,7-13H2,1-6H3. The van der Waals surface area contributed by atoms with E-state index in [9.17, 15) is 0 Å². The average molecular weight is 275 g/mol. The first-order chi connectivity index (χ1) is 8.39. The van der Waals surface area contributed by atoms with Crippen molar-refractivity contribution in [3.63, 3.8) is 0 Å². The van der Waals surface area contributed by atoms with E-state index in [0.29, 0.717) is 0 Å². The van der Waals surface area contributed by atoms with Gasteiger partial charge in [-0.05, 0) is 40.3 Å². The predicted molar refractivity (Wildman–Crippen MR) is 82.2 cm³/mol. The van der Waals surface area contributed by atoms with Crippen molar-refractivity contribution >= 4 is 8.56 Å². The van der Waals surface area contributed by atoms with Gasteiger partial charge in [0.25, 0.3) is 0 Å². The average Bonchev–Trinajstić information content (AvgIpc) is 2.20. The molecular formula is C15H34O2Si. The van der Waals surface area contributed by atoms with Crippen LogP contribution in [-0.4, -0.2) is 20.8 Å². The Morgan fingerprint density at radius 1 is 0.778 bits per heavy atom. The largest absolute Gasteiger partial charge is 0.392 e. The van der Waals surface area contributed by atoms with Crippen molar-refractivity contribution in [2.75, 3.05) is 0 Å². The van der Waals surface area contributed by atoms with Crippen LogP contribution in [-0.2, 0) is 8.85 Å². The summed E-state index contributed by atoms with van der Waals surface area (Å²) in [5, 5.41) is 0. The van der Waals surface area contributed by atoms with Crippen LogP contribution in [0, 0.1) is 0 Å². The van der Waals surface area contributed by atoms with Gasteiger partial charge in [-0.15, -0.1) is 0 Å². The molecule has 0 heterocycles. The van der Waals surface area contributed by atoms with Crippen molar-refractivity contribution in [2.24, 2.45) is 0 Å². The quantitative estimate of drug-likeness (QED) is 0.377. The third kappa shape index (κ3) is 10.1. The molecule has 0 atom stereocenters. The first kappa shape index (κ1) is 18.1. The first-order valence-electron chi connectivity index (χ1n) is 7.75. The predicted octanol–water partition coefficient (Wildman–Crippen LogP) is 5.27. The molecule has 0 amide bonds. The van der Waals surface area contributed by atoms with Gasteiger partial charge in [0.1, 0.15) is 0 Å². The molecule has 0 fully saturated rings. The Hall–Kier alpha value is 0.137. The third-order valence-electron chi connectivity index (χ3n) is 2.95. The Kier molecular flexibility index (Phi) is 10.1. The molecule has 2 nitrogen and oxygen atoms in total. The molecule has 0 saturated heterocycles. The molecule has 0 aliphatic carbocycles. The van der Waals surface area contributed by atoms with Gasteiger partial charge in [0.2, 0.25) is 0 Å². The molecule has 0 saturated carbocycles. The summed E-state index contributed by atoms with van der Waals surface area (Å²) in [5.41, 5.74) is 0. The Morgan fingerprint density at radius 3 is 1.67 bits per heavy atom. The minimum atomic E-state index is -1.94. The van der Waals surface area contributed by atoms with Gasteiger partial charge in [-0.3, -0.25) is 0 Å². The van der Waals surface area contributed by atoms with E-state index in [4.69, 9.17) is 8.85 Å². The van der Waals surface area contributed by atoms with Gasteiger partial charge in [0, 0.05) is 12.2 Å². The van der Waals surface area contributed by atoms with E-state index in [1.807, 2.05) is 0 Å². The maximum Gasteiger partial charge on any atom is 0.335 e. The van der Waals surface area contributed by atoms with Gasteiger partial charge in [-0.25, -0.2) is 0 Å². The summed E-state index contributed by atoms with van der Waals surface area (Å²) in [4.78, 5) is 0. The van der Waals surface area contributed by atoms with E-state index < -0.39 is 8.56 Å². The molecule has 0 aromatic heterocycles. The zero-order chi connectivity index (χ0) is 14.0. The monoisotopic (exact) mass is 274 g/mol. The molecule has 0 unspecified atom stereocenters. The highest BCUT2D eigenvalue weighted by Crippen LogP contribution is 2.22. The molecule has 0 aromatic carbocycles. The molecule has 3 heteroatoms. The van der Waals surface area contributed by atoms with Crippen LogP contribution in [0.3, 0.4) is 0 Å². The minimum Gasteiger partial charge on any atom is -0.392 e. The molecule has 0 radical (unpaired) electrons. The maximum absolute atomic E-state index is 6.09. The normalized spacial score (nSPS) is 12.7. The second-order valence-electron chi connectivity index (χ2n) is 5.98. The summed E-state index contributed by atoms with van der Waals surface area (Å²) < 4.78 is 12.2. The lowest BCUT2D eigenvalue weighted by Gasteiger charge is -2.31. The Balaban J connectivity index is 3.93. The number of unbranched alkanes of at least 4 members (excludes halogenated alkanes) is 5. The fourth-order valence-corrected chi connectivity index (χ4v) is 5.55. The first-order valence-corrected chi connectivity index (χ1v) is 10.3. The van der Waals surface area contributed by atoms with Crippen LogP contribution in [0.5, 0.6) is 0 Å². The van der Waals surface area contributed by atoms with E-state index in [-0.39, 0.29) is 12.2 Å². The van der Waals surface area contributed by atoms with Crippen LogP contribution in [0.4, 0.5) is 0 Å². The van der Waals surface area contributed by atoms with E-state index in [1.54, 1.807) is 0 Å². The highest BCUT2D eigenvalue weighted by molar-refractivity contribution is 6.66. The Morgan fingerprint density at radius 2 is 1.22 bits per heavy atom. The van der Waals surface area contributed by atoms with Crippen molar-refractivity contribution < 1.29 is 8.85 Å². The molecule has 18 heavy (non-hydrogen) atoms. The van der Waals surface area contributed by atoms with Crippen molar-refractivity contribution in [2.45, 2.75) is 97.9 Å². The van der Waals surface area contributed by atoms with Gasteiger partial charge in [-0.1, -0.05) is 45.4 Å². The number of hydrogen-bond donors (Lipinski definition) is 0. The topological polar surface area (TPSA) is 18.5 Å². The van der Waals surface area contributed by atoms with Crippen molar-refractivity contribution in [1.82, 2.24) is 0 Å². The maximum atomic E-state index is 6.09. The summed E-state index contributed by atoms with van der Waals surface area (Å²) in [6.07, 6.45) is 8.57. The fourth-order valence-electron chi connectivity index (χ4n) is 2.37. The molecule has 110 valence electrons. The minimum absolute atomic E-state index is 0.278. The molecule has 0 N–H and O–H groups in total. The smallest absolute Gasteiger partial charge is 0.335 e. The summed E-state index contributed by atoms with van der Waals surface area (Å²) >= 11 is 0. The van der Waals surface area contributed by atoms with Crippen LogP contribution in [0.2, 0.25) is 12.6 Å². The lowest BCUT2D eigenvalue weighted by Crippen LogP contribution is -2.42. The zero-order valence-electron chi connectivity index (χ0n) is 13.4. The van der Waals surface area contributed by atoms with Crippen LogP contribution in [0.25, 0.3) is 0 Å². The van der Waals surface area contributed by atoms with Gasteiger partial charge < -0.3 is 8.85 Å². The van der Waals surface area contributed by atoms with Crippen LogP contribution >= 0.6 is 0 Å². The lowest BCUT2D eigenvalue weighted by molar-refractivity contribution is 0.109. The Bertz CT molecular complexity index is 183. The zero-order valence-corrected chi connectivity index (χ0v) is 14.4. The summed E-state index contributed by atoms with van der Waals surface area (Å²) in [6, 6.07) is 1.13. The van der Waals surface area contributed by atoms with E-state index in [0.717, 1.165) is 6.04 Å². The second-order valence-corrected chi connectivity index (χ2v) is 9.22. The van der Waals surface area contributed by atoms with E-state index >= 15 is 0 Å².